The number of fused-ring (bicyclic) bond motifs is 13. The quantitative estimate of drug-likeness (QED) is 0.229. The summed E-state index contributed by atoms with van der Waals surface area (Å²) >= 11 is 0. The molecule has 13 nitrogen and oxygen atoms in total. The third-order valence-electron chi connectivity index (χ3n) is 23.2. The molecule has 8 fully saturated rings. The topological polar surface area (TPSA) is 190 Å². The number of nitrogens with zero attached hydrogens (tertiary/aromatic N) is 2. The van der Waals surface area contributed by atoms with Crippen LogP contribution in [0.3, 0.4) is 0 Å². The summed E-state index contributed by atoms with van der Waals surface area (Å²) < 4.78 is 33.0. The summed E-state index contributed by atoms with van der Waals surface area (Å²) in [6.07, 6.45) is 9.58. The zero-order valence-corrected chi connectivity index (χ0v) is 41.7. The molecule has 4 saturated carbocycles. The largest absolute Gasteiger partial charge is 0.393 e. The van der Waals surface area contributed by atoms with E-state index in [1.165, 1.54) is 5.57 Å². The molecule has 22 unspecified atom stereocenters. The minimum atomic E-state index is -1.51. The minimum absolute atomic E-state index is 0.0246. The molecule has 13 rings (SSSR count). The van der Waals surface area contributed by atoms with Gasteiger partial charge in [-0.05, 0) is 125 Å². The highest BCUT2D eigenvalue weighted by Crippen LogP contribution is 2.73. The predicted octanol–water partition coefficient (Wildman–Crippen LogP) is 5.65. The number of Topliss-reactive ketones (excluding diaryl/α,β-unsaturated/α-hetero) is 1. The van der Waals surface area contributed by atoms with Crippen molar-refractivity contribution >= 4 is 5.78 Å². The SMILES string of the molecule is COC1c2nc3c(nc2CC2CCC4C5=CCC6C(C)C7(OCC56C(=O)CC4C21C)OC(C)(C)CC7O)CC1(C)C(CCC2C4=CC5OC6(OC(C)(CO)CC6O)C(C)C5(O)C4(C)C(O)CC21)C3. The number of ether oxygens (including phenoxy) is 5. The van der Waals surface area contributed by atoms with Crippen molar-refractivity contribution < 1.29 is 54.0 Å². The number of aromatic nitrogens is 2. The molecule has 372 valence electrons. The normalized spacial score (nSPS) is 56.6. The van der Waals surface area contributed by atoms with E-state index in [1.807, 2.05) is 34.8 Å². The zero-order valence-electron chi connectivity index (χ0n) is 41.7. The summed E-state index contributed by atoms with van der Waals surface area (Å²) in [5, 5.41) is 58.4. The number of methoxy groups -OCH3 is 1. The van der Waals surface area contributed by atoms with Crippen molar-refractivity contribution in [3.63, 3.8) is 0 Å². The van der Waals surface area contributed by atoms with Gasteiger partial charge in [0.25, 0.3) is 0 Å². The fourth-order valence-electron chi connectivity index (χ4n) is 19.7. The van der Waals surface area contributed by atoms with Crippen LogP contribution in [0.15, 0.2) is 23.3 Å². The Morgan fingerprint density at radius 1 is 0.794 bits per heavy atom. The molecule has 8 aliphatic carbocycles. The Hall–Kier alpha value is -2.17. The van der Waals surface area contributed by atoms with Crippen molar-refractivity contribution in [3.05, 3.63) is 46.1 Å². The lowest BCUT2D eigenvalue weighted by atomic mass is 9.44. The van der Waals surface area contributed by atoms with Gasteiger partial charge in [0.2, 0.25) is 5.79 Å². The molecule has 1 aromatic rings. The van der Waals surface area contributed by atoms with Crippen LogP contribution in [0, 0.1) is 74.9 Å². The fraction of sp³-hybridized carbons (Fsp3) is 0.836. The number of aliphatic hydroxyl groups excluding tert-OH is 4. The van der Waals surface area contributed by atoms with Crippen molar-refractivity contribution in [1.82, 2.24) is 9.97 Å². The van der Waals surface area contributed by atoms with E-state index in [-0.39, 0.29) is 83.8 Å². The van der Waals surface area contributed by atoms with Gasteiger partial charge in [-0.25, -0.2) is 0 Å². The van der Waals surface area contributed by atoms with Gasteiger partial charge in [-0.2, -0.15) is 0 Å². The van der Waals surface area contributed by atoms with E-state index >= 15 is 4.79 Å². The van der Waals surface area contributed by atoms with Crippen LogP contribution in [0.4, 0.5) is 0 Å². The van der Waals surface area contributed by atoms with Gasteiger partial charge in [-0.15, -0.1) is 0 Å². The Morgan fingerprint density at radius 3 is 2.19 bits per heavy atom. The second kappa shape index (κ2) is 13.9. The van der Waals surface area contributed by atoms with Crippen LogP contribution in [0.5, 0.6) is 0 Å². The maximum absolute atomic E-state index is 15.1. The van der Waals surface area contributed by atoms with E-state index in [4.69, 9.17) is 33.7 Å². The monoisotopic (exact) mass is 941 g/mol. The number of carbonyl (C=O) groups excluding carboxylic acids is 1. The first kappa shape index (κ1) is 45.7. The number of ketones is 1. The first-order valence-electron chi connectivity index (χ1n) is 26.5. The molecular weight excluding hydrogens is 865 g/mol. The van der Waals surface area contributed by atoms with Gasteiger partial charge in [0, 0.05) is 49.0 Å². The second-order valence-corrected chi connectivity index (χ2v) is 26.3. The fourth-order valence-corrected chi connectivity index (χ4v) is 19.7. The van der Waals surface area contributed by atoms with Crippen molar-refractivity contribution in [2.24, 2.45) is 74.9 Å². The number of hydrogen-bond donors (Lipinski definition) is 5. The summed E-state index contributed by atoms with van der Waals surface area (Å²) in [6, 6.07) is 0. The molecule has 5 heterocycles. The van der Waals surface area contributed by atoms with Gasteiger partial charge in [0.15, 0.2) is 5.79 Å². The van der Waals surface area contributed by atoms with E-state index < -0.39 is 69.5 Å². The van der Waals surface area contributed by atoms with E-state index in [0.717, 1.165) is 79.7 Å². The van der Waals surface area contributed by atoms with Crippen molar-refractivity contribution in [3.8, 4) is 0 Å². The standard InChI is InChI=1S/C55H76N2O11/c1-26-32-14-15-33-30-13-11-29-17-38-45(46(64-9)50(29,7)35(30)19-41(60)52(32,33)25-65-54(26)42(61)22-47(3,4)67-54)57-37-16-28-10-12-31-34(49(28,6)21-39(37)56-38)18-40(59)51(8)36(31)20-44-53(51,63)27(2)55(66-44)43(62)23-48(5,24-58)68-55/h15,20,26-32,34-35,40,42-44,46,58-59,61-63H,10-14,16-19,21-25H2,1-9H3. The van der Waals surface area contributed by atoms with Gasteiger partial charge in [-0.1, -0.05) is 57.9 Å². The lowest BCUT2D eigenvalue weighted by Gasteiger charge is -2.62. The predicted molar refractivity (Wildman–Crippen MR) is 246 cm³/mol. The minimum Gasteiger partial charge on any atom is -0.393 e. The summed E-state index contributed by atoms with van der Waals surface area (Å²) in [7, 11) is 1.82. The number of rotatable bonds is 2. The summed E-state index contributed by atoms with van der Waals surface area (Å²) in [5.41, 5.74) is 1.26. The van der Waals surface area contributed by atoms with Crippen LogP contribution in [0.2, 0.25) is 0 Å². The van der Waals surface area contributed by atoms with Crippen LogP contribution in [-0.2, 0) is 47.7 Å². The lowest BCUT2D eigenvalue weighted by Crippen LogP contribution is -2.65. The van der Waals surface area contributed by atoms with Gasteiger partial charge in [0.05, 0.1) is 58.7 Å². The first-order valence-corrected chi connectivity index (χ1v) is 26.5. The summed E-state index contributed by atoms with van der Waals surface area (Å²) in [5.74, 6) is -1.85. The van der Waals surface area contributed by atoms with Crippen molar-refractivity contribution in [2.45, 2.75) is 191 Å². The van der Waals surface area contributed by atoms with Crippen molar-refractivity contribution in [1.29, 1.82) is 0 Å². The van der Waals surface area contributed by atoms with Crippen LogP contribution in [-0.4, -0.2) is 114 Å². The molecular formula is C55H76N2O11. The van der Waals surface area contributed by atoms with Crippen LogP contribution < -0.4 is 0 Å². The molecule has 22 atom stereocenters. The van der Waals surface area contributed by atoms with Crippen LogP contribution >= 0.6 is 0 Å². The third-order valence-corrected chi connectivity index (χ3v) is 23.2. The van der Waals surface area contributed by atoms with Gasteiger partial charge in [0.1, 0.15) is 35.8 Å². The Labute approximate surface area is 401 Å². The van der Waals surface area contributed by atoms with E-state index in [9.17, 15) is 25.5 Å². The van der Waals surface area contributed by atoms with Crippen molar-refractivity contribution in [2.75, 3.05) is 20.3 Å². The van der Waals surface area contributed by atoms with E-state index in [1.54, 1.807) is 6.92 Å². The Balaban J connectivity index is 0.784. The highest BCUT2D eigenvalue weighted by molar-refractivity contribution is 5.91. The van der Waals surface area contributed by atoms with Gasteiger partial charge >= 0.3 is 0 Å². The van der Waals surface area contributed by atoms with Crippen LogP contribution in [0.25, 0.3) is 0 Å². The lowest BCUT2D eigenvalue weighted by molar-refractivity contribution is -0.336. The number of aliphatic hydroxyl groups is 5. The Kier molecular flexibility index (Phi) is 9.34. The number of hydrogen-bond acceptors (Lipinski definition) is 13. The molecule has 4 aliphatic heterocycles. The summed E-state index contributed by atoms with van der Waals surface area (Å²) in [6.45, 7) is 16.6. The molecule has 12 aliphatic rings. The molecule has 1 aromatic heterocycles. The maximum Gasteiger partial charge on any atom is 0.201 e. The highest BCUT2D eigenvalue weighted by atomic mass is 16.7. The molecule has 0 amide bonds. The average Bonchev–Trinajstić information content (AvgIpc) is 4.01. The molecule has 13 heteroatoms. The van der Waals surface area contributed by atoms with Gasteiger partial charge < -0.3 is 49.2 Å². The molecule has 68 heavy (non-hydrogen) atoms. The Morgan fingerprint density at radius 2 is 1.50 bits per heavy atom. The molecule has 0 bridgehead atoms. The first-order chi connectivity index (χ1) is 32.0. The summed E-state index contributed by atoms with van der Waals surface area (Å²) in [4.78, 5) is 26.3. The maximum atomic E-state index is 15.1. The molecule has 4 saturated heterocycles. The molecule has 5 N–H and O–H groups in total. The second-order valence-electron chi connectivity index (χ2n) is 26.3. The smallest absolute Gasteiger partial charge is 0.201 e. The van der Waals surface area contributed by atoms with E-state index in [2.05, 4.69) is 32.9 Å². The molecule has 0 radical (unpaired) electrons. The zero-order chi connectivity index (χ0) is 47.9. The Bertz CT molecular complexity index is 2440. The number of carbonyl (C=O) groups is 1. The highest BCUT2D eigenvalue weighted by Gasteiger charge is 2.79. The van der Waals surface area contributed by atoms with Crippen LogP contribution in [0.1, 0.15) is 142 Å². The molecule has 0 aromatic carbocycles. The molecule has 3 spiro atoms. The number of allylic oxidation sites excluding steroid dienone is 1. The van der Waals surface area contributed by atoms with E-state index in [0.29, 0.717) is 25.2 Å². The van der Waals surface area contributed by atoms with Gasteiger partial charge in [-0.3, -0.25) is 14.8 Å². The average molecular weight is 941 g/mol. The third kappa shape index (κ3) is 5.12.